The number of aryl methyl sites for hydroxylation is 1. The van der Waals surface area contributed by atoms with E-state index in [-0.39, 0.29) is 37.5 Å². The van der Waals surface area contributed by atoms with Crippen LogP contribution in [0.5, 0.6) is 0 Å². The predicted octanol–water partition coefficient (Wildman–Crippen LogP) is 0.929. The minimum absolute atomic E-state index is 0.104. The standard InChI is InChI=1S/C20H21N5O4/c1-11-7-13-16(22-11)8-14-18-15(24-19(14)27)4-3-12(23-18)9-21-17(26)10-29-6-5-25(2)20(13)28/h3-4,7-8,22H,5-6,9-10H2,1-2H3,(H,21,26)(H,24,27)/b14-8-. The van der Waals surface area contributed by atoms with Crippen LogP contribution < -0.4 is 10.6 Å². The molecular formula is C20H21N5O4. The molecule has 2 aromatic rings. The molecule has 29 heavy (non-hydrogen) atoms. The number of anilines is 1. The fourth-order valence-corrected chi connectivity index (χ4v) is 3.29. The van der Waals surface area contributed by atoms with Crippen molar-refractivity contribution in [2.24, 2.45) is 0 Å². The first-order valence-electron chi connectivity index (χ1n) is 9.25. The molecule has 2 aliphatic heterocycles. The molecule has 3 amide bonds. The highest BCUT2D eigenvalue weighted by Crippen LogP contribution is 2.32. The molecular weight excluding hydrogens is 374 g/mol. The van der Waals surface area contributed by atoms with E-state index in [1.807, 2.05) is 6.92 Å². The Bertz CT molecular complexity index is 1040. The van der Waals surface area contributed by atoms with Crippen LogP contribution in [0.3, 0.4) is 0 Å². The van der Waals surface area contributed by atoms with Gasteiger partial charge in [0.15, 0.2) is 0 Å². The molecule has 0 saturated carbocycles. The second-order valence-corrected chi connectivity index (χ2v) is 7.05. The summed E-state index contributed by atoms with van der Waals surface area (Å²) in [6, 6.07) is 5.25. The number of ether oxygens (including phenoxy) is 1. The van der Waals surface area contributed by atoms with Crippen LogP contribution in [0, 0.1) is 6.92 Å². The Hall–Kier alpha value is -3.46. The van der Waals surface area contributed by atoms with Crippen molar-refractivity contribution in [1.82, 2.24) is 20.2 Å². The van der Waals surface area contributed by atoms with Crippen molar-refractivity contribution < 1.29 is 19.1 Å². The van der Waals surface area contributed by atoms with Gasteiger partial charge in [0, 0.05) is 19.3 Å². The summed E-state index contributed by atoms with van der Waals surface area (Å²) in [7, 11) is 1.67. The number of nitrogens with one attached hydrogen (secondary N) is 3. The van der Waals surface area contributed by atoms with Gasteiger partial charge in [0.05, 0.1) is 47.1 Å². The molecule has 4 heterocycles. The van der Waals surface area contributed by atoms with Gasteiger partial charge in [-0.1, -0.05) is 0 Å². The summed E-state index contributed by atoms with van der Waals surface area (Å²) in [4.78, 5) is 46.6. The Morgan fingerprint density at radius 2 is 2.03 bits per heavy atom. The van der Waals surface area contributed by atoms with Crippen LogP contribution in [0.4, 0.5) is 5.69 Å². The maximum absolute atomic E-state index is 12.9. The molecule has 0 radical (unpaired) electrons. The SMILES string of the molecule is Cc1cc2c([nH]1)/C=C1\C(=O)Nc3ccc(nc31)CNC(=O)COCCN(C)C2=O. The quantitative estimate of drug-likeness (QED) is 0.614. The molecule has 0 spiro atoms. The van der Waals surface area contributed by atoms with Gasteiger partial charge in [-0.3, -0.25) is 14.4 Å². The van der Waals surface area contributed by atoms with Gasteiger partial charge in [-0.2, -0.15) is 0 Å². The monoisotopic (exact) mass is 395 g/mol. The molecule has 0 aliphatic carbocycles. The molecule has 2 aromatic heterocycles. The Labute approximate surface area is 167 Å². The molecule has 2 bridgehead atoms. The third kappa shape index (κ3) is 3.77. The maximum atomic E-state index is 12.9. The number of fused-ring (bicyclic) bond motifs is 2. The number of carbonyl (C=O) groups excluding carboxylic acids is 3. The number of aromatic amines is 1. The largest absolute Gasteiger partial charge is 0.370 e. The number of carbonyl (C=O) groups is 3. The van der Waals surface area contributed by atoms with Crippen LogP contribution in [0.2, 0.25) is 0 Å². The van der Waals surface area contributed by atoms with Crippen molar-refractivity contribution in [3.63, 3.8) is 0 Å². The molecule has 0 aromatic carbocycles. The van der Waals surface area contributed by atoms with Crippen LogP contribution in [0.15, 0.2) is 18.2 Å². The summed E-state index contributed by atoms with van der Waals surface area (Å²) in [6.07, 6.45) is 1.65. The van der Waals surface area contributed by atoms with Crippen LogP contribution in [-0.2, 0) is 20.9 Å². The second-order valence-electron chi connectivity index (χ2n) is 7.05. The number of hydrogen-bond donors (Lipinski definition) is 3. The van der Waals surface area contributed by atoms with Crippen molar-refractivity contribution in [2.75, 3.05) is 32.1 Å². The highest BCUT2D eigenvalue weighted by atomic mass is 16.5. The molecule has 0 unspecified atom stereocenters. The molecule has 9 nitrogen and oxygen atoms in total. The third-order valence-electron chi connectivity index (χ3n) is 4.82. The second kappa shape index (κ2) is 7.51. The number of likely N-dealkylation sites (N-methyl/N-ethyl adjacent to an activating group) is 1. The Morgan fingerprint density at radius 1 is 1.21 bits per heavy atom. The average molecular weight is 395 g/mol. The van der Waals surface area contributed by atoms with Gasteiger partial charge >= 0.3 is 0 Å². The summed E-state index contributed by atoms with van der Waals surface area (Å²) in [5.74, 6) is -0.772. The molecule has 3 N–H and O–H groups in total. The minimum atomic E-state index is -0.290. The van der Waals surface area contributed by atoms with Gasteiger partial charge in [-0.15, -0.1) is 0 Å². The first-order chi connectivity index (χ1) is 13.9. The number of hydrogen-bond acceptors (Lipinski definition) is 5. The minimum Gasteiger partial charge on any atom is -0.370 e. The summed E-state index contributed by atoms with van der Waals surface area (Å²) < 4.78 is 5.37. The normalized spacial score (nSPS) is 19.3. The predicted molar refractivity (Wildman–Crippen MR) is 106 cm³/mol. The first-order valence-corrected chi connectivity index (χ1v) is 9.25. The third-order valence-corrected chi connectivity index (χ3v) is 4.82. The lowest BCUT2D eigenvalue weighted by Crippen LogP contribution is -2.32. The number of rotatable bonds is 0. The molecule has 150 valence electrons. The van der Waals surface area contributed by atoms with Gasteiger partial charge in [0.2, 0.25) is 5.91 Å². The van der Waals surface area contributed by atoms with E-state index in [4.69, 9.17) is 4.74 Å². The zero-order valence-electron chi connectivity index (χ0n) is 16.2. The van der Waals surface area contributed by atoms with Gasteiger partial charge in [-0.05, 0) is 31.2 Å². The van der Waals surface area contributed by atoms with Crippen LogP contribution in [0.1, 0.15) is 33.1 Å². The summed E-state index contributed by atoms with van der Waals surface area (Å²) in [5, 5.41) is 5.52. The van der Waals surface area contributed by atoms with Gasteiger partial charge in [-0.25, -0.2) is 4.98 Å². The van der Waals surface area contributed by atoms with Gasteiger partial charge in [0.1, 0.15) is 6.61 Å². The van der Waals surface area contributed by atoms with Crippen molar-refractivity contribution >= 4 is 35.1 Å². The van der Waals surface area contributed by atoms with Gasteiger partial charge in [0.25, 0.3) is 11.8 Å². The maximum Gasteiger partial charge on any atom is 0.258 e. The lowest BCUT2D eigenvalue weighted by atomic mass is 10.1. The first kappa shape index (κ1) is 18.9. The van der Waals surface area contributed by atoms with Crippen molar-refractivity contribution in [2.45, 2.75) is 13.5 Å². The Morgan fingerprint density at radius 3 is 2.86 bits per heavy atom. The average Bonchev–Trinajstić information content (AvgIpc) is 3.21. The van der Waals surface area contributed by atoms with E-state index >= 15 is 0 Å². The topological polar surface area (TPSA) is 116 Å². The highest BCUT2D eigenvalue weighted by molar-refractivity contribution is 6.34. The van der Waals surface area contributed by atoms with Crippen LogP contribution in [0.25, 0.3) is 11.6 Å². The lowest BCUT2D eigenvalue weighted by molar-refractivity contribution is -0.125. The Balaban J connectivity index is 1.80. The van der Waals surface area contributed by atoms with Crippen LogP contribution in [-0.4, -0.2) is 59.4 Å². The number of aromatic nitrogens is 2. The van der Waals surface area contributed by atoms with E-state index < -0.39 is 0 Å². The summed E-state index contributed by atoms with van der Waals surface area (Å²) in [6.45, 7) is 2.53. The summed E-state index contributed by atoms with van der Waals surface area (Å²) in [5.41, 5.74) is 3.87. The highest BCUT2D eigenvalue weighted by Gasteiger charge is 2.27. The molecule has 9 heteroatoms. The van der Waals surface area contributed by atoms with Crippen LogP contribution >= 0.6 is 0 Å². The smallest absolute Gasteiger partial charge is 0.258 e. The number of pyridine rings is 1. The zero-order chi connectivity index (χ0) is 20.5. The van der Waals surface area contributed by atoms with E-state index in [1.165, 1.54) is 4.90 Å². The zero-order valence-corrected chi connectivity index (χ0v) is 16.2. The molecule has 0 saturated heterocycles. The molecule has 0 fully saturated rings. The van der Waals surface area contributed by atoms with E-state index in [9.17, 15) is 14.4 Å². The van der Waals surface area contributed by atoms with E-state index in [1.54, 1.807) is 31.3 Å². The van der Waals surface area contributed by atoms with E-state index in [2.05, 4.69) is 20.6 Å². The van der Waals surface area contributed by atoms with E-state index in [0.717, 1.165) is 5.69 Å². The fraction of sp³-hybridized carbons (Fsp3) is 0.300. The number of nitrogens with zero attached hydrogens (tertiary/aromatic N) is 2. The van der Waals surface area contributed by atoms with Crippen molar-refractivity contribution in [3.8, 4) is 0 Å². The lowest BCUT2D eigenvalue weighted by Gasteiger charge is -2.17. The molecule has 2 aliphatic rings. The number of amides is 3. The number of H-pyrrole nitrogens is 1. The fourth-order valence-electron chi connectivity index (χ4n) is 3.29. The van der Waals surface area contributed by atoms with E-state index in [0.29, 0.717) is 40.5 Å². The molecule has 0 atom stereocenters. The van der Waals surface area contributed by atoms with Crippen molar-refractivity contribution in [3.05, 3.63) is 46.5 Å². The Kier molecular flexibility index (Phi) is 4.89. The summed E-state index contributed by atoms with van der Waals surface area (Å²) >= 11 is 0. The molecule has 4 rings (SSSR count). The van der Waals surface area contributed by atoms with Gasteiger partial charge < -0.3 is 25.3 Å². The van der Waals surface area contributed by atoms with Crippen molar-refractivity contribution in [1.29, 1.82) is 0 Å².